The van der Waals surface area contributed by atoms with Crippen molar-refractivity contribution in [3.8, 4) is 5.75 Å². The predicted molar refractivity (Wildman–Crippen MR) is 60.8 cm³/mol. The lowest BCUT2D eigenvalue weighted by Crippen LogP contribution is -1.97. The number of allylic oxidation sites excluding steroid dienone is 1. The Labute approximate surface area is 86.4 Å². The van der Waals surface area contributed by atoms with Gasteiger partial charge in [0.15, 0.2) is 0 Å². The molecule has 76 valence electrons. The van der Waals surface area contributed by atoms with Crippen molar-refractivity contribution in [1.29, 1.82) is 0 Å². The second-order valence-electron chi connectivity index (χ2n) is 3.60. The van der Waals surface area contributed by atoms with Gasteiger partial charge >= 0.3 is 0 Å². The normalized spacial score (nSPS) is 9.86. The molecule has 0 N–H and O–H groups in total. The fraction of sp³-hybridized carbons (Fsp3) is 0.385. The molecule has 0 atom stereocenters. The average Bonchev–Trinajstić information content (AvgIpc) is 2.11. The summed E-state index contributed by atoms with van der Waals surface area (Å²) in [5.41, 5.74) is 2.51. The molecule has 0 heterocycles. The molecule has 0 aromatic heterocycles. The molecule has 0 aliphatic heterocycles. The summed E-state index contributed by atoms with van der Waals surface area (Å²) in [6.45, 7) is 8.62. The predicted octanol–water partition coefficient (Wildman–Crippen LogP) is 3.65. The molecule has 0 fully saturated rings. The monoisotopic (exact) mass is 190 g/mol. The Balaban J connectivity index is 2.46. The van der Waals surface area contributed by atoms with Crippen LogP contribution in [0.15, 0.2) is 30.9 Å². The molecular formula is C13H18O. The van der Waals surface area contributed by atoms with Gasteiger partial charge in [-0.3, -0.25) is 0 Å². The summed E-state index contributed by atoms with van der Waals surface area (Å²) in [5.74, 6) is 0.978. The maximum absolute atomic E-state index is 5.62. The van der Waals surface area contributed by atoms with Crippen molar-refractivity contribution in [1.82, 2.24) is 0 Å². The lowest BCUT2D eigenvalue weighted by Gasteiger charge is -2.07. The zero-order chi connectivity index (χ0) is 10.4. The van der Waals surface area contributed by atoms with Crippen molar-refractivity contribution in [2.75, 3.05) is 6.61 Å². The lowest BCUT2D eigenvalue weighted by molar-refractivity contribution is 0.312. The highest BCUT2D eigenvalue weighted by molar-refractivity contribution is 5.32. The zero-order valence-electron chi connectivity index (χ0n) is 9.05. The van der Waals surface area contributed by atoms with E-state index in [1.807, 2.05) is 6.08 Å². The van der Waals surface area contributed by atoms with E-state index < -0.39 is 0 Å². The van der Waals surface area contributed by atoms with Crippen LogP contribution in [0.2, 0.25) is 0 Å². The molecule has 14 heavy (non-hydrogen) atoms. The number of ether oxygens (including phenoxy) is 1. The van der Waals surface area contributed by atoms with E-state index in [4.69, 9.17) is 4.74 Å². The van der Waals surface area contributed by atoms with Crippen LogP contribution in [0.4, 0.5) is 0 Å². The van der Waals surface area contributed by atoms with Crippen molar-refractivity contribution >= 4 is 0 Å². The molecule has 1 nitrogen and oxygen atoms in total. The van der Waals surface area contributed by atoms with Crippen LogP contribution >= 0.6 is 0 Å². The Morgan fingerprint density at radius 3 is 2.43 bits per heavy atom. The number of hydrogen-bond donors (Lipinski definition) is 0. The minimum atomic E-state index is 0.773. The van der Waals surface area contributed by atoms with E-state index in [0.717, 1.165) is 25.2 Å². The first-order valence-corrected chi connectivity index (χ1v) is 5.04. The molecule has 0 bridgehead atoms. The minimum absolute atomic E-state index is 0.773. The molecule has 0 aliphatic rings. The van der Waals surface area contributed by atoms with Gasteiger partial charge in [0.2, 0.25) is 0 Å². The number of aryl methyl sites for hydroxylation is 2. The zero-order valence-corrected chi connectivity index (χ0v) is 9.05. The number of benzene rings is 1. The summed E-state index contributed by atoms with van der Waals surface area (Å²) in [6.07, 6.45) is 3.98. The van der Waals surface area contributed by atoms with Gasteiger partial charge in [0.05, 0.1) is 6.61 Å². The van der Waals surface area contributed by atoms with Crippen molar-refractivity contribution in [3.05, 3.63) is 42.0 Å². The van der Waals surface area contributed by atoms with Gasteiger partial charge in [-0.1, -0.05) is 12.1 Å². The topological polar surface area (TPSA) is 9.23 Å². The first-order chi connectivity index (χ1) is 6.72. The standard InChI is InChI=1S/C13H18O/c1-4-5-6-7-14-13-9-11(2)8-12(3)10-13/h4,8-10H,1,5-7H2,2-3H3. The molecule has 0 amide bonds. The van der Waals surface area contributed by atoms with Gasteiger partial charge in [0.1, 0.15) is 5.75 Å². The third-order valence-electron chi connectivity index (χ3n) is 2.02. The van der Waals surface area contributed by atoms with Crippen molar-refractivity contribution in [2.24, 2.45) is 0 Å². The van der Waals surface area contributed by atoms with E-state index >= 15 is 0 Å². The van der Waals surface area contributed by atoms with E-state index in [-0.39, 0.29) is 0 Å². The van der Waals surface area contributed by atoms with Gasteiger partial charge in [-0.25, -0.2) is 0 Å². The van der Waals surface area contributed by atoms with Crippen LogP contribution in [0.5, 0.6) is 5.75 Å². The molecule has 1 rings (SSSR count). The van der Waals surface area contributed by atoms with Crippen LogP contribution in [0.1, 0.15) is 24.0 Å². The first kappa shape index (κ1) is 10.8. The SMILES string of the molecule is C=CCCCOc1cc(C)cc(C)c1. The van der Waals surface area contributed by atoms with Crippen LogP contribution in [0, 0.1) is 13.8 Å². The summed E-state index contributed by atoms with van der Waals surface area (Å²) in [6, 6.07) is 6.29. The average molecular weight is 190 g/mol. The fourth-order valence-corrected chi connectivity index (χ4v) is 1.43. The highest BCUT2D eigenvalue weighted by Crippen LogP contribution is 2.16. The fourth-order valence-electron chi connectivity index (χ4n) is 1.43. The molecule has 1 heteroatoms. The molecule has 0 radical (unpaired) electrons. The summed E-state index contributed by atoms with van der Waals surface area (Å²) in [7, 11) is 0. The highest BCUT2D eigenvalue weighted by atomic mass is 16.5. The molecule has 0 saturated heterocycles. The van der Waals surface area contributed by atoms with Gasteiger partial charge in [0, 0.05) is 0 Å². The molecule has 0 spiro atoms. The smallest absolute Gasteiger partial charge is 0.119 e. The molecule has 0 unspecified atom stereocenters. The van der Waals surface area contributed by atoms with E-state index in [1.54, 1.807) is 0 Å². The summed E-state index contributed by atoms with van der Waals surface area (Å²) in [4.78, 5) is 0. The number of hydrogen-bond acceptors (Lipinski definition) is 1. The van der Waals surface area contributed by atoms with E-state index in [9.17, 15) is 0 Å². The summed E-state index contributed by atoms with van der Waals surface area (Å²) in [5, 5.41) is 0. The Hall–Kier alpha value is -1.24. The molecule has 0 aliphatic carbocycles. The minimum Gasteiger partial charge on any atom is -0.494 e. The Kier molecular flexibility index (Phi) is 4.24. The van der Waals surface area contributed by atoms with E-state index in [1.165, 1.54) is 11.1 Å². The lowest BCUT2D eigenvalue weighted by atomic mass is 10.1. The van der Waals surface area contributed by atoms with Crippen molar-refractivity contribution < 1.29 is 4.74 Å². The highest BCUT2D eigenvalue weighted by Gasteiger charge is 1.95. The van der Waals surface area contributed by atoms with Gasteiger partial charge in [-0.05, 0) is 49.9 Å². The molecule has 1 aromatic rings. The Bertz CT molecular complexity index is 282. The maximum Gasteiger partial charge on any atom is 0.119 e. The first-order valence-electron chi connectivity index (χ1n) is 5.04. The van der Waals surface area contributed by atoms with Crippen LogP contribution in [0.25, 0.3) is 0 Å². The van der Waals surface area contributed by atoms with Crippen molar-refractivity contribution in [3.63, 3.8) is 0 Å². The third-order valence-corrected chi connectivity index (χ3v) is 2.02. The summed E-state index contributed by atoms with van der Waals surface area (Å²) >= 11 is 0. The molecule has 1 aromatic carbocycles. The third kappa shape index (κ3) is 3.65. The van der Waals surface area contributed by atoms with Crippen LogP contribution in [-0.2, 0) is 0 Å². The maximum atomic E-state index is 5.62. The van der Waals surface area contributed by atoms with Gasteiger partial charge in [-0.2, -0.15) is 0 Å². The van der Waals surface area contributed by atoms with Crippen LogP contribution in [0.3, 0.4) is 0 Å². The Morgan fingerprint density at radius 1 is 1.21 bits per heavy atom. The second kappa shape index (κ2) is 5.48. The number of rotatable bonds is 5. The summed E-state index contributed by atoms with van der Waals surface area (Å²) < 4.78 is 5.62. The van der Waals surface area contributed by atoms with Crippen molar-refractivity contribution in [2.45, 2.75) is 26.7 Å². The quantitative estimate of drug-likeness (QED) is 0.508. The van der Waals surface area contributed by atoms with Gasteiger partial charge in [0.25, 0.3) is 0 Å². The Morgan fingerprint density at radius 2 is 1.86 bits per heavy atom. The second-order valence-corrected chi connectivity index (χ2v) is 3.60. The van der Waals surface area contributed by atoms with Crippen LogP contribution < -0.4 is 4.74 Å². The largest absolute Gasteiger partial charge is 0.494 e. The van der Waals surface area contributed by atoms with Crippen LogP contribution in [-0.4, -0.2) is 6.61 Å². The molecular weight excluding hydrogens is 172 g/mol. The van der Waals surface area contributed by atoms with Gasteiger partial charge < -0.3 is 4.74 Å². The van der Waals surface area contributed by atoms with Gasteiger partial charge in [-0.15, -0.1) is 6.58 Å². The molecule has 0 saturated carbocycles. The van der Waals surface area contributed by atoms with E-state index in [0.29, 0.717) is 0 Å². The van der Waals surface area contributed by atoms with E-state index in [2.05, 4.69) is 38.6 Å². The number of unbranched alkanes of at least 4 members (excludes halogenated alkanes) is 1.